The Bertz CT molecular complexity index is 651. The fourth-order valence-corrected chi connectivity index (χ4v) is 2.71. The molecule has 0 radical (unpaired) electrons. The Kier molecular flexibility index (Phi) is 4.55. The van der Waals surface area contributed by atoms with Crippen LogP contribution in [-0.4, -0.2) is 36.5 Å². The van der Waals surface area contributed by atoms with Crippen LogP contribution in [0.25, 0.3) is 0 Å². The number of hydrogen-bond acceptors (Lipinski definition) is 4. The molecule has 0 bridgehead atoms. The van der Waals surface area contributed by atoms with E-state index >= 15 is 0 Å². The Morgan fingerprint density at radius 2 is 1.92 bits per heavy atom. The van der Waals surface area contributed by atoms with Crippen LogP contribution in [0.2, 0.25) is 0 Å². The van der Waals surface area contributed by atoms with E-state index in [2.05, 4.69) is 5.32 Å². The van der Waals surface area contributed by atoms with E-state index < -0.39 is 18.0 Å². The van der Waals surface area contributed by atoms with Gasteiger partial charge in [-0.3, -0.25) is 14.4 Å². The third-order valence-corrected chi connectivity index (χ3v) is 4.39. The maximum Gasteiger partial charge on any atom is 0.312 e. The first kappa shape index (κ1) is 16.5. The first-order valence-electron chi connectivity index (χ1n) is 8.32. The molecule has 2 amide bonds. The smallest absolute Gasteiger partial charge is 0.312 e. The minimum Gasteiger partial charge on any atom is -0.452 e. The molecule has 2 atom stereocenters. The highest BCUT2D eigenvalue weighted by molar-refractivity contribution is 5.99. The molecule has 1 aliphatic heterocycles. The van der Waals surface area contributed by atoms with Crippen molar-refractivity contribution in [1.82, 2.24) is 5.32 Å². The minimum absolute atomic E-state index is 0.101. The van der Waals surface area contributed by atoms with Gasteiger partial charge in [-0.05, 0) is 38.8 Å². The van der Waals surface area contributed by atoms with E-state index in [0.717, 1.165) is 24.1 Å². The van der Waals surface area contributed by atoms with Gasteiger partial charge in [0.2, 0.25) is 5.91 Å². The second kappa shape index (κ2) is 6.63. The van der Waals surface area contributed by atoms with Crippen LogP contribution < -0.4 is 10.2 Å². The fourth-order valence-electron chi connectivity index (χ4n) is 2.71. The predicted octanol–water partition coefficient (Wildman–Crippen LogP) is 1.56. The maximum atomic E-state index is 12.3. The summed E-state index contributed by atoms with van der Waals surface area (Å²) in [5, 5.41) is 2.80. The van der Waals surface area contributed by atoms with Crippen LogP contribution in [0.4, 0.5) is 5.69 Å². The lowest BCUT2D eigenvalue weighted by atomic mass is 10.1. The molecule has 2 fully saturated rings. The number of nitrogens with zero attached hydrogens (tertiary/aromatic N) is 1. The largest absolute Gasteiger partial charge is 0.452 e. The number of carbonyl (C=O) groups excluding carboxylic acids is 3. The molecule has 1 N–H and O–H groups in total. The van der Waals surface area contributed by atoms with Gasteiger partial charge in [0.15, 0.2) is 6.10 Å². The van der Waals surface area contributed by atoms with Crippen LogP contribution in [0.15, 0.2) is 24.3 Å². The molecule has 1 aromatic carbocycles. The van der Waals surface area contributed by atoms with E-state index in [4.69, 9.17) is 4.74 Å². The van der Waals surface area contributed by atoms with Crippen LogP contribution in [0, 0.1) is 12.8 Å². The summed E-state index contributed by atoms with van der Waals surface area (Å²) in [7, 11) is 0. The molecule has 24 heavy (non-hydrogen) atoms. The van der Waals surface area contributed by atoms with E-state index in [0.29, 0.717) is 0 Å². The van der Waals surface area contributed by atoms with E-state index in [1.807, 2.05) is 31.2 Å². The van der Waals surface area contributed by atoms with Crippen LogP contribution in [0.3, 0.4) is 0 Å². The fraction of sp³-hybridized carbons (Fsp3) is 0.500. The Labute approximate surface area is 141 Å². The SMILES string of the molecule is Cc1ccc(N2C[C@H](C(=O)O[C@@H](C)C(=O)NC3CC3)CC2=O)cc1. The second-order valence-corrected chi connectivity index (χ2v) is 6.60. The van der Waals surface area contributed by atoms with Gasteiger partial charge >= 0.3 is 5.97 Å². The number of benzene rings is 1. The highest BCUT2D eigenvalue weighted by Gasteiger charge is 2.37. The third kappa shape index (κ3) is 3.75. The zero-order valence-corrected chi connectivity index (χ0v) is 14.0. The number of anilines is 1. The number of aryl methyl sites for hydroxylation is 1. The summed E-state index contributed by atoms with van der Waals surface area (Å²) in [5.41, 5.74) is 1.89. The summed E-state index contributed by atoms with van der Waals surface area (Å²) in [6, 6.07) is 7.82. The van der Waals surface area contributed by atoms with E-state index in [-0.39, 0.29) is 30.8 Å². The van der Waals surface area contributed by atoms with Gasteiger partial charge in [-0.25, -0.2) is 0 Å². The maximum absolute atomic E-state index is 12.3. The van der Waals surface area contributed by atoms with Crippen LogP contribution >= 0.6 is 0 Å². The van der Waals surface area contributed by atoms with Crippen LogP contribution in [0.5, 0.6) is 0 Å². The van der Waals surface area contributed by atoms with E-state index in [1.165, 1.54) is 0 Å². The van der Waals surface area contributed by atoms with Gasteiger partial charge < -0.3 is 15.0 Å². The van der Waals surface area contributed by atoms with E-state index in [9.17, 15) is 14.4 Å². The van der Waals surface area contributed by atoms with Crippen molar-refractivity contribution in [2.45, 2.75) is 45.3 Å². The molecule has 0 spiro atoms. The third-order valence-electron chi connectivity index (χ3n) is 4.39. The molecular formula is C18H22N2O4. The summed E-state index contributed by atoms with van der Waals surface area (Å²) < 4.78 is 5.25. The average Bonchev–Trinajstić information content (AvgIpc) is 3.27. The normalized spacial score (nSPS) is 21.5. The molecule has 6 heteroatoms. The molecule has 128 valence electrons. The molecule has 1 heterocycles. The molecule has 1 aliphatic carbocycles. The Morgan fingerprint density at radius 1 is 1.25 bits per heavy atom. The van der Waals surface area contributed by atoms with Gasteiger partial charge in [0, 0.05) is 24.7 Å². The number of rotatable bonds is 5. The standard InChI is InChI=1S/C18H22N2O4/c1-11-3-7-15(8-4-11)20-10-13(9-16(20)21)18(23)24-12(2)17(22)19-14-5-6-14/h3-4,7-8,12-14H,5-6,9-10H2,1-2H3,(H,19,22)/t12-,13+/m0/s1. The van der Waals surface area contributed by atoms with Gasteiger partial charge in [0.25, 0.3) is 5.91 Å². The molecule has 6 nitrogen and oxygen atoms in total. The van der Waals surface area contributed by atoms with Crippen molar-refractivity contribution < 1.29 is 19.1 Å². The lowest BCUT2D eigenvalue weighted by Gasteiger charge is -2.18. The van der Waals surface area contributed by atoms with Crippen molar-refractivity contribution in [3.05, 3.63) is 29.8 Å². The van der Waals surface area contributed by atoms with Crippen molar-refractivity contribution in [3.8, 4) is 0 Å². The minimum atomic E-state index is -0.832. The van der Waals surface area contributed by atoms with Crippen molar-refractivity contribution in [2.24, 2.45) is 5.92 Å². The number of nitrogens with one attached hydrogen (secondary N) is 1. The van der Waals surface area contributed by atoms with Crippen molar-refractivity contribution in [1.29, 1.82) is 0 Å². The molecule has 0 aromatic heterocycles. The van der Waals surface area contributed by atoms with Crippen molar-refractivity contribution >= 4 is 23.5 Å². The molecule has 0 unspecified atom stereocenters. The molecule has 1 saturated carbocycles. The van der Waals surface area contributed by atoms with E-state index in [1.54, 1.807) is 11.8 Å². The first-order chi connectivity index (χ1) is 11.4. The van der Waals surface area contributed by atoms with Gasteiger partial charge in [-0.1, -0.05) is 17.7 Å². The summed E-state index contributed by atoms with van der Waals surface area (Å²) in [6.45, 7) is 3.83. The number of esters is 1. The predicted molar refractivity (Wildman–Crippen MR) is 88.4 cm³/mol. The summed E-state index contributed by atoms with van der Waals surface area (Å²) in [6.07, 6.45) is 1.25. The molecular weight excluding hydrogens is 308 g/mol. The average molecular weight is 330 g/mol. The Balaban J connectivity index is 1.57. The van der Waals surface area contributed by atoms with Gasteiger partial charge in [-0.15, -0.1) is 0 Å². The zero-order chi connectivity index (χ0) is 17.3. The number of ether oxygens (including phenoxy) is 1. The van der Waals surface area contributed by atoms with Crippen molar-refractivity contribution in [2.75, 3.05) is 11.4 Å². The monoisotopic (exact) mass is 330 g/mol. The quantitative estimate of drug-likeness (QED) is 0.831. The van der Waals surface area contributed by atoms with Crippen LogP contribution in [0.1, 0.15) is 31.7 Å². The Hall–Kier alpha value is -2.37. The Morgan fingerprint density at radius 3 is 2.54 bits per heavy atom. The van der Waals surface area contributed by atoms with Gasteiger partial charge in [0.1, 0.15) is 0 Å². The highest BCUT2D eigenvalue weighted by atomic mass is 16.5. The molecule has 1 saturated heterocycles. The number of hydrogen-bond donors (Lipinski definition) is 1. The van der Waals surface area contributed by atoms with Crippen molar-refractivity contribution in [3.63, 3.8) is 0 Å². The molecule has 2 aliphatic rings. The topological polar surface area (TPSA) is 75.7 Å². The lowest BCUT2D eigenvalue weighted by molar-refractivity contribution is -0.158. The second-order valence-electron chi connectivity index (χ2n) is 6.60. The van der Waals surface area contributed by atoms with Crippen LogP contribution in [-0.2, 0) is 19.1 Å². The molecule has 3 rings (SSSR count). The lowest BCUT2D eigenvalue weighted by Crippen LogP contribution is -2.38. The first-order valence-corrected chi connectivity index (χ1v) is 8.32. The highest BCUT2D eigenvalue weighted by Crippen LogP contribution is 2.26. The number of amides is 2. The summed E-state index contributed by atoms with van der Waals surface area (Å²) in [4.78, 5) is 37.9. The zero-order valence-electron chi connectivity index (χ0n) is 14.0. The number of carbonyl (C=O) groups is 3. The van der Waals surface area contributed by atoms with Gasteiger partial charge in [-0.2, -0.15) is 0 Å². The summed E-state index contributed by atoms with van der Waals surface area (Å²) >= 11 is 0. The van der Waals surface area contributed by atoms with Gasteiger partial charge in [0.05, 0.1) is 5.92 Å². The summed E-state index contributed by atoms with van der Waals surface area (Å²) in [5.74, 6) is -1.40. The molecule has 1 aromatic rings.